The topological polar surface area (TPSA) is 102 Å². The lowest BCUT2D eigenvalue weighted by molar-refractivity contribution is -0.385. The van der Waals surface area contributed by atoms with Gasteiger partial charge in [-0.15, -0.1) is 0 Å². The Hall–Kier alpha value is -2.90. The van der Waals surface area contributed by atoms with E-state index in [0.717, 1.165) is 0 Å². The first kappa shape index (κ1) is 15.2. The van der Waals surface area contributed by atoms with Gasteiger partial charge in [0.2, 0.25) is 5.79 Å². The molecule has 136 valence electrons. The van der Waals surface area contributed by atoms with E-state index in [1.165, 1.54) is 12.1 Å². The molecule has 2 heterocycles. The molecule has 0 fully saturated rings. The summed E-state index contributed by atoms with van der Waals surface area (Å²) in [6.07, 6.45) is -1.05. The summed E-state index contributed by atoms with van der Waals surface area (Å²) in [5.41, 5.74) is 1.22. The summed E-state index contributed by atoms with van der Waals surface area (Å²) in [7, 11) is 0. The molecule has 27 heavy (non-hydrogen) atoms. The highest BCUT2D eigenvalue weighted by Crippen LogP contribution is 2.61. The fraction of sp³-hybridized carbons (Fsp3) is 0.300. The van der Waals surface area contributed by atoms with Gasteiger partial charge in [-0.3, -0.25) is 14.3 Å². The zero-order valence-corrected chi connectivity index (χ0v) is 14.0. The van der Waals surface area contributed by atoms with Gasteiger partial charge in [-0.05, 0) is 18.2 Å². The minimum absolute atomic E-state index is 0.0270. The number of rotatable bonds is 0. The Labute approximate surface area is 153 Å². The van der Waals surface area contributed by atoms with Crippen LogP contribution in [-0.4, -0.2) is 27.9 Å². The number of carbonyl (C=O) groups is 2. The van der Waals surface area contributed by atoms with Crippen molar-refractivity contribution in [3.8, 4) is 17.2 Å². The first-order valence-electron chi connectivity index (χ1n) is 8.78. The summed E-state index contributed by atoms with van der Waals surface area (Å²) in [5, 5.41) is 21.1. The second-order valence-electron chi connectivity index (χ2n) is 7.30. The quantitative estimate of drug-likeness (QED) is 0.736. The van der Waals surface area contributed by atoms with E-state index in [-0.39, 0.29) is 41.9 Å². The van der Waals surface area contributed by atoms with Crippen LogP contribution in [0, 0.1) is 0 Å². The Bertz CT molecular complexity index is 1070. The maximum atomic E-state index is 12.5. The molecule has 6 rings (SSSR count). The van der Waals surface area contributed by atoms with Crippen molar-refractivity contribution in [1.82, 2.24) is 0 Å². The molecule has 2 aromatic carbocycles. The highest BCUT2D eigenvalue weighted by atomic mass is 16.8. The molecule has 0 saturated heterocycles. The summed E-state index contributed by atoms with van der Waals surface area (Å²) < 4.78 is 18.6. The number of phenols is 1. The zero-order chi connectivity index (χ0) is 18.6. The van der Waals surface area contributed by atoms with Crippen LogP contribution in [0.15, 0.2) is 30.3 Å². The summed E-state index contributed by atoms with van der Waals surface area (Å²) in [4.78, 5) is 24.9. The molecule has 0 aromatic heterocycles. The van der Waals surface area contributed by atoms with Gasteiger partial charge in [0.1, 0.15) is 23.4 Å². The van der Waals surface area contributed by atoms with Crippen LogP contribution in [-0.2, 0) is 16.3 Å². The van der Waals surface area contributed by atoms with Gasteiger partial charge in [-0.2, -0.15) is 0 Å². The van der Waals surface area contributed by atoms with E-state index in [4.69, 9.17) is 14.2 Å². The number of hydrogen-bond donors (Lipinski definition) is 2. The van der Waals surface area contributed by atoms with Gasteiger partial charge in [0.25, 0.3) is 5.79 Å². The third-order valence-electron chi connectivity index (χ3n) is 5.83. The van der Waals surface area contributed by atoms with Crippen molar-refractivity contribution in [2.45, 2.75) is 36.9 Å². The van der Waals surface area contributed by atoms with E-state index in [2.05, 4.69) is 0 Å². The monoisotopic (exact) mass is 366 g/mol. The van der Waals surface area contributed by atoms with Crippen LogP contribution in [0.4, 0.5) is 0 Å². The predicted octanol–water partition coefficient (Wildman–Crippen LogP) is 2.12. The van der Waals surface area contributed by atoms with Gasteiger partial charge in [0.15, 0.2) is 11.6 Å². The van der Waals surface area contributed by atoms with Gasteiger partial charge in [-0.1, -0.05) is 12.1 Å². The van der Waals surface area contributed by atoms with Gasteiger partial charge < -0.3 is 19.7 Å². The molecule has 7 nitrogen and oxygen atoms in total. The number of carbonyl (C=O) groups excluding carboxylic acids is 2. The number of benzene rings is 2. The Morgan fingerprint density at radius 3 is 2.67 bits per heavy atom. The van der Waals surface area contributed by atoms with Crippen molar-refractivity contribution in [3.05, 3.63) is 52.6 Å². The summed E-state index contributed by atoms with van der Waals surface area (Å²) >= 11 is 0. The molecule has 0 saturated carbocycles. The molecule has 3 atom stereocenters. The number of ketones is 2. The molecule has 3 unspecified atom stereocenters. The summed E-state index contributed by atoms with van der Waals surface area (Å²) in [6.45, 7) is 0. The Morgan fingerprint density at radius 1 is 1.00 bits per heavy atom. The maximum absolute atomic E-state index is 12.5. The molecule has 7 heteroatoms. The Morgan fingerprint density at radius 2 is 1.81 bits per heavy atom. The van der Waals surface area contributed by atoms with E-state index < -0.39 is 23.5 Å². The molecule has 2 N–H and O–H groups in total. The molecule has 2 bridgehead atoms. The average molecular weight is 366 g/mol. The first-order chi connectivity index (χ1) is 13.0. The van der Waals surface area contributed by atoms with Crippen molar-refractivity contribution < 1.29 is 34.0 Å². The molecule has 4 aliphatic rings. The van der Waals surface area contributed by atoms with Gasteiger partial charge in [0.05, 0.1) is 16.7 Å². The number of Topliss-reactive ketones (excluding diaryl/α,β-unsaturated/α-hetero) is 2. The van der Waals surface area contributed by atoms with Gasteiger partial charge in [-0.25, -0.2) is 0 Å². The van der Waals surface area contributed by atoms with Crippen molar-refractivity contribution in [1.29, 1.82) is 0 Å². The maximum Gasteiger partial charge on any atom is 0.271 e. The molecule has 2 spiro atoms. The zero-order valence-electron chi connectivity index (χ0n) is 14.0. The van der Waals surface area contributed by atoms with Crippen LogP contribution in [0.1, 0.15) is 51.1 Å². The van der Waals surface area contributed by atoms with Crippen molar-refractivity contribution in [3.63, 3.8) is 0 Å². The van der Waals surface area contributed by atoms with E-state index in [1.54, 1.807) is 18.2 Å². The van der Waals surface area contributed by atoms with Gasteiger partial charge in [0, 0.05) is 24.8 Å². The predicted molar refractivity (Wildman–Crippen MR) is 88.8 cm³/mol. The SMILES string of the molecule is O=C1CCC23Oc4ccc(O)c5c4C(Oc4cccc1c42)(O3)C(O)CC5=O. The molecule has 2 aliphatic heterocycles. The summed E-state index contributed by atoms with van der Waals surface area (Å²) in [5.74, 6) is -2.94. The number of aliphatic hydroxyl groups is 1. The van der Waals surface area contributed by atoms with Crippen LogP contribution < -0.4 is 9.47 Å². The fourth-order valence-corrected chi connectivity index (χ4v) is 4.71. The fourth-order valence-electron chi connectivity index (χ4n) is 4.71. The standard InChI is InChI=1S/C20H14O7/c21-10-6-7-19-17-9(10)2-1-3-13(17)26-20(27-19)15(24)8-12(23)16-11(22)4-5-14(25-19)18(16)20/h1-5,15,22,24H,6-8H2. The number of aliphatic hydroxyl groups excluding tert-OH is 1. The normalized spacial score (nSPS) is 32.1. The van der Waals surface area contributed by atoms with E-state index in [0.29, 0.717) is 22.6 Å². The Kier molecular flexibility index (Phi) is 2.53. The lowest BCUT2D eigenvalue weighted by Gasteiger charge is -2.56. The lowest BCUT2D eigenvalue weighted by Crippen LogP contribution is -2.63. The van der Waals surface area contributed by atoms with E-state index >= 15 is 0 Å². The minimum Gasteiger partial charge on any atom is -0.507 e. The molecule has 2 aliphatic carbocycles. The molecule has 0 amide bonds. The molecule has 0 radical (unpaired) electrons. The summed E-state index contributed by atoms with van der Waals surface area (Å²) in [6, 6.07) is 8.01. The van der Waals surface area contributed by atoms with E-state index in [1.807, 2.05) is 0 Å². The largest absolute Gasteiger partial charge is 0.507 e. The third-order valence-corrected chi connectivity index (χ3v) is 5.83. The number of hydrogen-bond acceptors (Lipinski definition) is 7. The lowest BCUT2D eigenvalue weighted by atomic mass is 9.77. The van der Waals surface area contributed by atoms with Crippen molar-refractivity contribution in [2.75, 3.05) is 0 Å². The molecular weight excluding hydrogens is 352 g/mol. The number of ether oxygens (including phenoxy) is 3. The highest BCUT2D eigenvalue weighted by molar-refractivity contribution is 6.03. The van der Waals surface area contributed by atoms with Crippen LogP contribution in [0.25, 0.3) is 0 Å². The van der Waals surface area contributed by atoms with Gasteiger partial charge >= 0.3 is 0 Å². The second kappa shape index (κ2) is 4.49. The third kappa shape index (κ3) is 1.60. The minimum atomic E-state index is -1.68. The number of phenolic OH excluding ortho intramolecular Hbond substituents is 1. The molecule has 2 aromatic rings. The van der Waals surface area contributed by atoms with Crippen molar-refractivity contribution in [2.24, 2.45) is 0 Å². The number of aromatic hydroxyl groups is 1. The van der Waals surface area contributed by atoms with Crippen LogP contribution in [0.2, 0.25) is 0 Å². The van der Waals surface area contributed by atoms with Crippen molar-refractivity contribution >= 4 is 11.6 Å². The smallest absolute Gasteiger partial charge is 0.271 e. The Balaban J connectivity index is 1.72. The first-order valence-corrected chi connectivity index (χ1v) is 8.78. The van der Waals surface area contributed by atoms with E-state index in [9.17, 15) is 19.8 Å². The average Bonchev–Trinajstić information content (AvgIpc) is 2.64. The second-order valence-corrected chi connectivity index (χ2v) is 7.30. The highest BCUT2D eigenvalue weighted by Gasteiger charge is 2.66. The molecular formula is C20H14O7. The van der Waals surface area contributed by atoms with Crippen LogP contribution in [0.5, 0.6) is 17.2 Å². The van der Waals surface area contributed by atoms with Crippen LogP contribution in [0.3, 0.4) is 0 Å². The van der Waals surface area contributed by atoms with Crippen LogP contribution >= 0.6 is 0 Å².